The first-order valence-corrected chi connectivity index (χ1v) is 12.3. The van der Waals surface area contributed by atoms with Crippen molar-refractivity contribution >= 4 is 23.3 Å². The molecular weight excluding hydrogens is 488 g/mol. The third-order valence-electron chi connectivity index (χ3n) is 7.08. The van der Waals surface area contributed by atoms with E-state index in [1.165, 1.54) is 20.8 Å². The van der Waals surface area contributed by atoms with Crippen LogP contribution < -0.4 is 15.4 Å². The number of amides is 1. The molecule has 2 aromatic rings. The Hall–Kier alpha value is -4.40. The van der Waals surface area contributed by atoms with E-state index in [-0.39, 0.29) is 64.1 Å². The highest BCUT2D eigenvalue weighted by Crippen LogP contribution is 2.57. The number of hydrogen-bond acceptors (Lipinski definition) is 8. The van der Waals surface area contributed by atoms with Gasteiger partial charge in [-0.3, -0.25) is 19.2 Å². The largest absolute Gasteiger partial charge is 0.507 e. The van der Waals surface area contributed by atoms with Gasteiger partial charge < -0.3 is 25.6 Å². The smallest absolute Gasteiger partial charge is 0.221 e. The lowest BCUT2D eigenvalue weighted by Crippen LogP contribution is -2.41. The molecule has 2 aromatic carbocycles. The molecule has 9 nitrogen and oxygen atoms in total. The van der Waals surface area contributed by atoms with Gasteiger partial charge in [-0.1, -0.05) is 30.3 Å². The van der Waals surface area contributed by atoms with E-state index >= 15 is 0 Å². The van der Waals surface area contributed by atoms with Crippen LogP contribution in [-0.2, 0) is 26.2 Å². The van der Waals surface area contributed by atoms with Gasteiger partial charge in [0, 0.05) is 36.8 Å². The molecule has 9 heteroatoms. The lowest BCUT2D eigenvalue weighted by molar-refractivity contribution is -0.124. The molecular formula is C29H30N2O7. The van der Waals surface area contributed by atoms with Crippen molar-refractivity contribution in [2.75, 3.05) is 13.1 Å². The Bertz CT molecular complexity index is 1420. The first-order valence-electron chi connectivity index (χ1n) is 12.3. The van der Waals surface area contributed by atoms with Crippen LogP contribution in [0, 0.1) is 6.92 Å². The highest BCUT2D eigenvalue weighted by atomic mass is 16.5. The maximum Gasteiger partial charge on any atom is 0.221 e. The van der Waals surface area contributed by atoms with Gasteiger partial charge in [-0.2, -0.15) is 0 Å². The minimum absolute atomic E-state index is 0.0281. The van der Waals surface area contributed by atoms with Crippen molar-refractivity contribution in [1.29, 1.82) is 0 Å². The number of phenols is 2. The van der Waals surface area contributed by atoms with Gasteiger partial charge in [-0.15, -0.1) is 0 Å². The van der Waals surface area contributed by atoms with Gasteiger partial charge in [0.15, 0.2) is 17.3 Å². The number of allylic oxidation sites excluding steroid dienone is 4. The number of benzene rings is 2. The van der Waals surface area contributed by atoms with Gasteiger partial charge in [0.05, 0.1) is 11.1 Å². The van der Waals surface area contributed by atoms with Crippen molar-refractivity contribution in [2.45, 2.75) is 46.0 Å². The predicted molar refractivity (Wildman–Crippen MR) is 139 cm³/mol. The molecule has 1 aliphatic heterocycles. The van der Waals surface area contributed by atoms with Crippen LogP contribution in [0.1, 0.15) is 54.2 Å². The second-order valence-electron chi connectivity index (χ2n) is 9.65. The molecule has 2 aliphatic rings. The SMILES string of the molecule is CC(=O)c1c(O)c(C)c(O)c2c1OC1=CC(=O)/C(=C(/C)NCCC(=O)NCCc3ccccc3)C(=O)[C@@]12C. The average molecular weight is 519 g/mol. The lowest BCUT2D eigenvalue weighted by Gasteiger charge is -2.29. The Morgan fingerprint density at radius 1 is 1.00 bits per heavy atom. The van der Waals surface area contributed by atoms with E-state index in [1.807, 2.05) is 30.3 Å². The standard InChI is InChI=1S/C29H30N2O7/c1-15-25(35)23(17(3)32)27-24(26(15)36)29(4)20(38-27)14-19(33)22(28(29)37)16(2)30-13-11-21(34)31-12-10-18-8-6-5-7-9-18/h5-9,14,30,35-36H,10-13H2,1-4H3,(H,31,34)/b22-16+/t29-/m0/s1. The van der Waals surface area contributed by atoms with Crippen molar-refractivity contribution in [1.82, 2.24) is 10.6 Å². The number of nitrogens with one attached hydrogen (secondary N) is 2. The Morgan fingerprint density at radius 3 is 2.34 bits per heavy atom. The van der Waals surface area contributed by atoms with Crippen LogP contribution in [-0.4, -0.2) is 46.6 Å². The summed E-state index contributed by atoms with van der Waals surface area (Å²) in [6.45, 7) is 6.42. The zero-order chi connectivity index (χ0) is 27.8. The molecule has 4 N–H and O–H groups in total. The third kappa shape index (κ3) is 4.44. The molecule has 4 rings (SSSR count). The second kappa shape index (κ2) is 10.2. The molecule has 0 saturated carbocycles. The summed E-state index contributed by atoms with van der Waals surface area (Å²) in [7, 11) is 0. The van der Waals surface area contributed by atoms with Gasteiger partial charge in [0.2, 0.25) is 5.91 Å². The Labute approximate surface area is 220 Å². The molecule has 0 spiro atoms. The van der Waals surface area contributed by atoms with Crippen LogP contribution in [0.25, 0.3) is 0 Å². The molecule has 0 unspecified atom stereocenters. The first kappa shape index (κ1) is 26.7. The number of hydrogen-bond donors (Lipinski definition) is 4. The number of ketones is 3. The fourth-order valence-electron chi connectivity index (χ4n) is 4.89. The summed E-state index contributed by atoms with van der Waals surface area (Å²) >= 11 is 0. The zero-order valence-electron chi connectivity index (χ0n) is 21.7. The summed E-state index contributed by atoms with van der Waals surface area (Å²) in [5, 5.41) is 27.2. The quantitative estimate of drug-likeness (QED) is 0.237. The van der Waals surface area contributed by atoms with E-state index in [1.54, 1.807) is 6.92 Å². The number of carbonyl (C=O) groups is 4. The topological polar surface area (TPSA) is 142 Å². The van der Waals surface area contributed by atoms with Crippen molar-refractivity contribution in [2.24, 2.45) is 0 Å². The number of Topliss-reactive ketones (excluding diaryl/α,β-unsaturated/α-hetero) is 2. The van der Waals surface area contributed by atoms with Crippen LogP contribution in [0.2, 0.25) is 0 Å². The van der Waals surface area contributed by atoms with Gasteiger partial charge in [0.25, 0.3) is 0 Å². The maximum absolute atomic E-state index is 13.8. The maximum atomic E-state index is 13.8. The van der Waals surface area contributed by atoms with Crippen molar-refractivity contribution in [3.63, 3.8) is 0 Å². The molecule has 0 bridgehead atoms. The summed E-state index contributed by atoms with van der Waals surface area (Å²) in [5.41, 5.74) is -0.413. The van der Waals surface area contributed by atoms with E-state index < -0.39 is 28.5 Å². The second-order valence-corrected chi connectivity index (χ2v) is 9.65. The fourth-order valence-corrected chi connectivity index (χ4v) is 4.89. The average Bonchev–Trinajstić information content (AvgIpc) is 3.16. The first-order chi connectivity index (χ1) is 18.0. The summed E-state index contributed by atoms with van der Waals surface area (Å²) < 4.78 is 5.76. The minimum Gasteiger partial charge on any atom is -0.507 e. The molecule has 1 atom stereocenters. The van der Waals surface area contributed by atoms with E-state index in [0.717, 1.165) is 11.6 Å². The highest BCUT2D eigenvalue weighted by molar-refractivity contribution is 6.31. The van der Waals surface area contributed by atoms with Crippen LogP contribution in [0.5, 0.6) is 17.2 Å². The number of fused-ring (bicyclic) bond motifs is 3. The van der Waals surface area contributed by atoms with Gasteiger partial charge in [-0.25, -0.2) is 0 Å². The van der Waals surface area contributed by atoms with Crippen molar-refractivity contribution in [3.8, 4) is 17.2 Å². The molecule has 198 valence electrons. The number of aromatic hydroxyl groups is 2. The Balaban J connectivity index is 1.52. The number of phenolic OH excluding ortho intramolecular Hbond substituents is 2. The monoisotopic (exact) mass is 518 g/mol. The molecule has 0 saturated heterocycles. The molecule has 0 radical (unpaired) electrons. The van der Waals surface area contributed by atoms with E-state index in [0.29, 0.717) is 13.0 Å². The van der Waals surface area contributed by atoms with Gasteiger partial charge in [0.1, 0.15) is 34.0 Å². The summed E-state index contributed by atoms with van der Waals surface area (Å²) in [6.07, 6.45) is 2.00. The van der Waals surface area contributed by atoms with Crippen LogP contribution in [0.4, 0.5) is 0 Å². The molecule has 0 aromatic heterocycles. The molecule has 1 heterocycles. The van der Waals surface area contributed by atoms with Crippen molar-refractivity contribution < 1.29 is 34.1 Å². The summed E-state index contributed by atoms with van der Waals surface area (Å²) in [5.74, 6) is -2.88. The van der Waals surface area contributed by atoms with Crippen molar-refractivity contribution in [3.05, 3.63) is 75.7 Å². The third-order valence-corrected chi connectivity index (χ3v) is 7.08. The predicted octanol–water partition coefficient (Wildman–Crippen LogP) is 2.91. The number of carbonyl (C=O) groups excluding carboxylic acids is 4. The highest BCUT2D eigenvalue weighted by Gasteiger charge is 2.56. The van der Waals surface area contributed by atoms with E-state index in [4.69, 9.17) is 4.74 Å². The molecule has 1 aliphatic carbocycles. The van der Waals surface area contributed by atoms with E-state index in [2.05, 4.69) is 10.6 Å². The normalized spacial score (nSPS) is 19.2. The lowest BCUT2D eigenvalue weighted by atomic mass is 9.70. The summed E-state index contributed by atoms with van der Waals surface area (Å²) in [4.78, 5) is 51.3. The molecule has 1 amide bonds. The summed E-state index contributed by atoms with van der Waals surface area (Å²) in [6, 6.07) is 9.78. The Kier molecular flexibility index (Phi) is 7.13. The van der Waals surface area contributed by atoms with E-state index in [9.17, 15) is 29.4 Å². The number of ether oxygens (including phenoxy) is 1. The molecule has 38 heavy (non-hydrogen) atoms. The van der Waals surface area contributed by atoms with Gasteiger partial charge >= 0.3 is 0 Å². The van der Waals surface area contributed by atoms with Crippen LogP contribution in [0.3, 0.4) is 0 Å². The zero-order valence-corrected chi connectivity index (χ0v) is 21.7. The fraction of sp³-hybridized carbons (Fsp3) is 0.310. The van der Waals surface area contributed by atoms with Crippen LogP contribution >= 0.6 is 0 Å². The van der Waals surface area contributed by atoms with Crippen LogP contribution in [0.15, 0.2) is 53.4 Å². The molecule has 0 fully saturated rings. The van der Waals surface area contributed by atoms with Gasteiger partial charge in [-0.05, 0) is 39.7 Å². The Morgan fingerprint density at radius 2 is 1.68 bits per heavy atom. The number of rotatable bonds is 8. The minimum atomic E-state index is -1.58.